The van der Waals surface area contributed by atoms with E-state index in [9.17, 15) is 45.5 Å². The Labute approximate surface area is 344 Å². The summed E-state index contributed by atoms with van der Waals surface area (Å²) >= 11 is 8.46. The minimum Gasteiger partial charge on any atom is -0.465 e. The number of hydrogen-bond acceptors (Lipinski definition) is 12. The zero-order chi connectivity index (χ0) is 42.3. The third kappa shape index (κ3) is 11.4. The molecule has 0 aliphatic carbocycles. The first-order valence-electron chi connectivity index (χ1n) is 17.0. The van der Waals surface area contributed by atoms with Gasteiger partial charge in [0.2, 0.25) is 0 Å². The lowest BCUT2D eigenvalue weighted by Crippen LogP contribution is -2.58. The van der Waals surface area contributed by atoms with Crippen LogP contribution in [0.1, 0.15) is 78.4 Å². The fourth-order valence-corrected chi connectivity index (χ4v) is 9.79. The number of nitrogens with zero attached hydrogens (tertiary/aromatic N) is 2. The van der Waals surface area contributed by atoms with Crippen LogP contribution in [0.4, 0.5) is 47.3 Å². The molecule has 12 nitrogen and oxygen atoms in total. The van der Waals surface area contributed by atoms with Gasteiger partial charge in [0, 0.05) is 36.9 Å². The highest BCUT2D eigenvalue weighted by atomic mass is 79.9. The molecule has 2 aromatic rings. The first kappa shape index (κ1) is 45.7. The standard InChI is InChI=1S/C25H34BrF4N3O6S.C9H8BrF2NO2S/c1-22(2,3)38-20(35)31-14(15-9-25(29,30)12-33(15)21(36)39-23(4,5)6)10-32-11-24(27,28)8-13-16(32)17(19(34)37-7)40-18(13)26;1-15-8(14)6-5-4(7(10)16-6)2-9(11,12)3-13-5/h14-15H,8-12H2,1-7H3,(H,31,35);13H,2-3H2,1H3/t14-,15+;/m1./s1. The number of methoxy groups -OCH3 is 2. The number of alkyl carbamates (subject to hydrolysis) is 1. The van der Waals surface area contributed by atoms with Crippen molar-refractivity contribution in [2.45, 2.75) is 102 Å². The number of anilines is 2. The lowest BCUT2D eigenvalue weighted by molar-refractivity contribution is -0.00306. The Morgan fingerprint density at radius 2 is 1.36 bits per heavy atom. The van der Waals surface area contributed by atoms with Crippen molar-refractivity contribution in [2.24, 2.45) is 0 Å². The number of nitrogens with one attached hydrogen (secondary N) is 2. The molecule has 2 amide bonds. The summed E-state index contributed by atoms with van der Waals surface area (Å²) in [5.74, 6) is -10.6. The van der Waals surface area contributed by atoms with Gasteiger partial charge in [-0.05, 0) is 73.4 Å². The van der Waals surface area contributed by atoms with Crippen LogP contribution in [-0.2, 0) is 31.8 Å². The van der Waals surface area contributed by atoms with E-state index in [0.29, 0.717) is 23.7 Å². The first-order chi connectivity index (χ1) is 25.6. The van der Waals surface area contributed by atoms with Crippen molar-refractivity contribution in [3.63, 3.8) is 0 Å². The van der Waals surface area contributed by atoms with Crippen LogP contribution in [0.2, 0.25) is 0 Å². The third-order valence-corrected chi connectivity index (χ3v) is 12.2. The Kier molecular flexibility index (Phi) is 13.6. The van der Waals surface area contributed by atoms with E-state index >= 15 is 0 Å². The van der Waals surface area contributed by atoms with E-state index < -0.39 is 104 Å². The number of thiophene rings is 2. The SMILES string of the molecule is COC(=O)c1sc(Br)c2c1N(C[C@@H](NC(=O)OC(C)(C)C)[C@@H]1CC(F)(F)CN1C(=O)OC(C)(C)C)CC(F)(F)C2.COC(=O)c1sc(Br)c2c1NCC(F)(F)C2. The fraction of sp³-hybridized carbons (Fsp3) is 0.647. The zero-order valence-corrected chi connectivity index (χ0v) is 36.4. The maximum absolute atomic E-state index is 14.9. The smallest absolute Gasteiger partial charge is 0.410 e. The number of carbonyl (C=O) groups is 4. The quantitative estimate of drug-likeness (QED) is 0.164. The van der Waals surface area contributed by atoms with Crippen molar-refractivity contribution in [2.75, 3.05) is 50.6 Å². The van der Waals surface area contributed by atoms with Crippen molar-refractivity contribution < 1.29 is 64.5 Å². The lowest BCUT2D eigenvalue weighted by Gasteiger charge is -2.40. The summed E-state index contributed by atoms with van der Waals surface area (Å²) in [6.45, 7) is 6.76. The normalized spacial score (nSPS) is 20.0. The summed E-state index contributed by atoms with van der Waals surface area (Å²) in [4.78, 5) is 52.1. The molecule has 56 heavy (non-hydrogen) atoms. The molecule has 0 saturated carbocycles. The molecule has 0 unspecified atom stereocenters. The molecule has 2 N–H and O–H groups in total. The second-order valence-electron chi connectivity index (χ2n) is 15.4. The monoisotopic (exact) mass is 970 g/mol. The molecule has 22 heteroatoms. The second kappa shape index (κ2) is 16.7. The van der Waals surface area contributed by atoms with Gasteiger partial charge in [0.15, 0.2) is 0 Å². The van der Waals surface area contributed by atoms with Gasteiger partial charge >= 0.3 is 24.1 Å². The van der Waals surface area contributed by atoms with Crippen LogP contribution in [0.25, 0.3) is 0 Å². The molecule has 5 heterocycles. The number of esters is 2. The Morgan fingerprint density at radius 1 is 0.821 bits per heavy atom. The lowest BCUT2D eigenvalue weighted by atomic mass is 9.98. The van der Waals surface area contributed by atoms with Crippen molar-refractivity contribution in [1.82, 2.24) is 10.2 Å². The number of fused-ring (bicyclic) bond motifs is 2. The number of hydrogen-bond donors (Lipinski definition) is 2. The van der Waals surface area contributed by atoms with E-state index in [-0.39, 0.29) is 22.5 Å². The predicted octanol–water partition coefficient (Wildman–Crippen LogP) is 8.73. The highest BCUT2D eigenvalue weighted by Crippen LogP contribution is 2.47. The number of amides is 2. The van der Waals surface area contributed by atoms with E-state index in [0.717, 1.165) is 39.6 Å². The van der Waals surface area contributed by atoms with Crippen LogP contribution in [0.5, 0.6) is 0 Å². The Hall–Kier alpha value is -2.98. The zero-order valence-electron chi connectivity index (χ0n) is 31.6. The Morgan fingerprint density at radius 3 is 1.93 bits per heavy atom. The predicted molar refractivity (Wildman–Crippen MR) is 204 cm³/mol. The molecule has 5 rings (SSSR count). The van der Waals surface area contributed by atoms with E-state index in [4.69, 9.17) is 14.2 Å². The summed E-state index contributed by atoms with van der Waals surface area (Å²) in [6.07, 6.45) is -3.91. The number of alkyl halides is 6. The molecular formula is C34H42Br2F6N4O8S2. The number of rotatable bonds is 6. The van der Waals surface area contributed by atoms with Gasteiger partial charge in [-0.3, -0.25) is 4.90 Å². The van der Waals surface area contributed by atoms with Crippen LogP contribution in [0.15, 0.2) is 7.57 Å². The van der Waals surface area contributed by atoms with Gasteiger partial charge in [-0.15, -0.1) is 22.7 Å². The maximum Gasteiger partial charge on any atom is 0.410 e. The van der Waals surface area contributed by atoms with Crippen LogP contribution >= 0.6 is 54.5 Å². The molecule has 2 aromatic heterocycles. The molecule has 0 radical (unpaired) electrons. The number of halogens is 8. The average Bonchev–Trinajstić information content (AvgIpc) is 3.67. The van der Waals surface area contributed by atoms with Gasteiger partial charge in [-0.25, -0.2) is 45.5 Å². The van der Waals surface area contributed by atoms with Crippen LogP contribution in [-0.4, -0.2) is 110 Å². The minimum absolute atomic E-state index is 0.0386. The molecule has 1 saturated heterocycles. The highest BCUT2D eigenvalue weighted by molar-refractivity contribution is 9.11. The van der Waals surface area contributed by atoms with Crippen molar-refractivity contribution in [3.05, 3.63) is 28.5 Å². The van der Waals surface area contributed by atoms with Gasteiger partial charge in [0.25, 0.3) is 17.8 Å². The molecule has 0 spiro atoms. The summed E-state index contributed by atoms with van der Waals surface area (Å²) in [7, 11) is 2.41. The van der Waals surface area contributed by atoms with Gasteiger partial charge in [0.05, 0.1) is 64.9 Å². The van der Waals surface area contributed by atoms with Crippen molar-refractivity contribution >= 4 is 90.0 Å². The number of ether oxygens (including phenoxy) is 4. The molecule has 314 valence electrons. The van der Waals surface area contributed by atoms with E-state index in [1.54, 1.807) is 41.5 Å². The fourth-order valence-electron chi connectivity index (χ4n) is 6.22. The van der Waals surface area contributed by atoms with Gasteiger partial charge in [0.1, 0.15) is 21.0 Å². The van der Waals surface area contributed by atoms with Crippen LogP contribution in [0, 0.1) is 0 Å². The second-order valence-corrected chi connectivity index (χ2v) is 20.0. The molecule has 3 aliphatic heterocycles. The summed E-state index contributed by atoms with van der Waals surface area (Å²) in [6, 6.07) is -2.67. The summed E-state index contributed by atoms with van der Waals surface area (Å²) in [5.41, 5.74) is -0.745. The summed E-state index contributed by atoms with van der Waals surface area (Å²) < 4.78 is 107. The molecular weight excluding hydrogens is 930 g/mol. The van der Waals surface area contributed by atoms with Crippen LogP contribution in [0.3, 0.4) is 0 Å². The Balaban J connectivity index is 0.000000360. The number of carbonyl (C=O) groups excluding carboxylic acids is 4. The molecule has 0 aromatic carbocycles. The topological polar surface area (TPSA) is 136 Å². The maximum atomic E-state index is 14.9. The average molecular weight is 973 g/mol. The first-order valence-corrected chi connectivity index (χ1v) is 20.2. The molecule has 1 fully saturated rings. The van der Waals surface area contributed by atoms with Crippen molar-refractivity contribution in [1.29, 1.82) is 0 Å². The van der Waals surface area contributed by atoms with E-state index in [1.807, 2.05) is 0 Å². The molecule has 3 aliphatic rings. The number of likely N-dealkylation sites (tertiary alicyclic amines) is 1. The van der Waals surface area contributed by atoms with Gasteiger partial charge in [-0.1, -0.05) is 0 Å². The minimum atomic E-state index is -3.34. The van der Waals surface area contributed by atoms with Gasteiger partial charge < -0.3 is 34.5 Å². The molecule has 2 atom stereocenters. The highest BCUT2D eigenvalue weighted by Gasteiger charge is 2.53. The molecule has 0 bridgehead atoms. The van der Waals surface area contributed by atoms with E-state index in [1.165, 1.54) is 7.11 Å². The van der Waals surface area contributed by atoms with Crippen LogP contribution < -0.4 is 15.5 Å². The van der Waals surface area contributed by atoms with Crippen molar-refractivity contribution in [3.8, 4) is 0 Å². The van der Waals surface area contributed by atoms with E-state index in [2.05, 4.69) is 47.2 Å². The van der Waals surface area contributed by atoms with Gasteiger partial charge in [-0.2, -0.15) is 0 Å². The largest absolute Gasteiger partial charge is 0.465 e. The summed E-state index contributed by atoms with van der Waals surface area (Å²) in [5, 5.41) is 5.11. The Bertz CT molecular complexity index is 1830. The third-order valence-electron chi connectivity index (χ3n) is 8.28.